The zero-order valence-corrected chi connectivity index (χ0v) is 22.6. The maximum Gasteiger partial charge on any atom is 0.416 e. The quantitative estimate of drug-likeness (QED) is 0.344. The molecule has 0 bridgehead atoms. The van der Waals surface area contributed by atoms with Crippen LogP contribution in [0.1, 0.15) is 50.5 Å². The summed E-state index contributed by atoms with van der Waals surface area (Å²) in [6.45, 7) is 3.71. The number of likely N-dealkylation sites (tertiary alicyclic amines) is 1. The number of nitrogens with zero attached hydrogens (tertiary/aromatic N) is 4. The van der Waals surface area contributed by atoms with E-state index >= 15 is 0 Å². The van der Waals surface area contributed by atoms with E-state index in [1.54, 1.807) is 36.3 Å². The van der Waals surface area contributed by atoms with Crippen LogP contribution in [0.25, 0.3) is 0 Å². The summed E-state index contributed by atoms with van der Waals surface area (Å²) < 4.78 is 39.0. The third kappa shape index (κ3) is 7.43. The summed E-state index contributed by atoms with van der Waals surface area (Å²) in [4.78, 5) is 38.2. The first-order valence-corrected chi connectivity index (χ1v) is 13.2. The van der Waals surface area contributed by atoms with Gasteiger partial charge in [0, 0.05) is 42.7 Å². The first-order chi connectivity index (χ1) is 18.5. The molecule has 1 atom stereocenters. The van der Waals surface area contributed by atoms with Crippen molar-refractivity contribution in [2.45, 2.75) is 38.4 Å². The van der Waals surface area contributed by atoms with Gasteiger partial charge in [-0.3, -0.25) is 15.1 Å². The number of hydrogen-bond acceptors (Lipinski definition) is 6. The number of amides is 2. The van der Waals surface area contributed by atoms with Gasteiger partial charge >= 0.3 is 12.2 Å². The largest absolute Gasteiger partial charge is 0.416 e. The van der Waals surface area contributed by atoms with E-state index in [0.717, 1.165) is 49.8 Å². The molecule has 4 rings (SSSR count). The number of benzene rings is 1. The Bertz CT molecular complexity index is 1430. The van der Waals surface area contributed by atoms with Crippen molar-refractivity contribution in [2.75, 3.05) is 32.5 Å². The van der Waals surface area contributed by atoms with Crippen LogP contribution < -0.4 is 5.32 Å². The molecule has 1 unspecified atom stereocenters. The van der Waals surface area contributed by atoms with Crippen molar-refractivity contribution in [3.63, 3.8) is 0 Å². The Balaban J connectivity index is 1.42. The van der Waals surface area contributed by atoms with Gasteiger partial charge in [0.1, 0.15) is 0 Å². The Kier molecular flexibility index (Phi) is 8.67. The number of carbonyl (C=O) groups excluding carboxylic acids is 2. The molecule has 1 aliphatic heterocycles. The average Bonchev–Trinajstić information content (AvgIpc) is 3.34. The van der Waals surface area contributed by atoms with Gasteiger partial charge in [-0.15, -0.1) is 0 Å². The molecule has 3 heterocycles. The van der Waals surface area contributed by atoms with Gasteiger partial charge in [0.25, 0.3) is 0 Å². The molecule has 0 radical (unpaired) electrons. The summed E-state index contributed by atoms with van der Waals surface area (Å²) in [6, 6.07) is 6.67. The number of Topliss-reactive ketones (excluding diaryl/α,β-unsaturated/α-hetero) is 1. The highest BCUT2D eigenvalue weighted by Crippen LogP contribution is 2.29. The molecule has 1 aliphatic rings. The molecule has 2 aromatic heterocycles. The second-order valence-electron chi connectivity index (χ2n) is 9.54. The molecular formula is C28H28F3N5O2S. The van der Waals surface area contributed by atoms with Crippen LogP contribution in [0.15, 0.2) is 42.7 Å². The fourth-order valence-electron chi connectivity index (χ4n) is 4.27. The lowest BCUT2D eigenvalue weighted by Crippen LogP contribution is -2.48. The third-order valence-electron chi connectivity index (χ3n) is 6.55. The molecule has 0 aliphatic carbocycles. The average molecular weight is 556 g/mol. The fraction of sp³-hybridized carbons (Fsp3) is 0.357. The standard InChI is InChI=1S/C28H28F3N5O2S/c1-18-6-7-20(25(37)15-22-14-21(10-11-32-22)28(29,30)31)13-19(18)8-9-24-16-33-26(39-24)34-27(38)36(3)23-5-4-12-35(2)17-23/h6-7,10-11,13-14,16,23H,4-5,12,15,17H2,1-3H3,(H,33,34,38). The molecule has 1 aromatic carbocycles. The van der Waals surface area contributed by atoms with Gasteiger partial charge in [-0.2, -0.15) is 13.2 Å². The normalized spacial score (nSPS) is 15.8. The van der Waals surface area contributed by atoms with Gasteiger partial charge in [-0.25, -0.2) is 9.78 Å². The van der Waals surface area contributed by atoms with E-state index < -0.39 is 11.7 Å². The van der Waals surface area contributed by atoms with Crippen molar-refractivity contribution in [2.24, 2.45) is 0 Å². The molecule has 7 nitrogen and oxygen atoms in total. The van der Waals surface area contributed by atoms with Gasteiger partial charge in [0.15, 0.2) is 10.9 Å². The van der Waals surface area contributed by atoms with E-state index in [2.05, 4.69) is 32.0 Å². The number of ketones is 1. The monoisotopic (exact) mass is 555 g/mol. The third-order valence-corrected chi connectivity index (χ3v) is 7.38. The van der Waals surface area contributed by atoms with E-state index in [4.69, 9.17) is 0 Å². The summed E-state index contributed by atoms with van der Waals surface area (Å²) in [5.41, 5.74) is 0.983. The Morgan fingerprint density at radius 1 is 1.21 bits per heavy atom. The lowest BCUT2D eigenvalue weighted by Gasteiger charge is -2.35. The molecule has 0 spiro atoms. The van der Waals surface area contributed by atoms with Gasteiger partial charge in [0.2, 0.25) is 0 Å². The molecule has 39 heavy (non-hydrogen) atoms. The van der Waals surface area contributed by atoms with Gasteiger partial charge in [-0.1, -0.05) is 29.4 Å². The van der Waals surface area contributed by atoms with E-state index in [0.29, 0.717) is 21.1 Å². The maximum atomic E-state index is 13.0. The summed E-state index contributed by atoms with van der Waals surface area (Å²) in [6.07, 6.45) is -0.135. The predicted molar refractivity (Wildman–Crippen MR) is 144 cm³/mol. The van der Waals surface area contributed by atoms with E-state index in [1.165, 1.54) is 11.3 Å². The predicted octanol–water partition coefficient (Wildman–Crippen LogP) is 5.25. The first kappa shape index (κ1) is 28.3. The number of piperidine rings is 1. The highest BCUT2D eigenvalue weighted by atomic mass is 32.1. The van der Waals surface area contributed by atoms with Crippen LogP contribution in [-0.2, 0) is 12.6 Å². The number of pyridine rings is 1. The summed E-state index contributed by atoms with van der Waals surface area (Å²) in [5.74, 6) is 5.70. The van der Waals surface area contributed by atoms with Gasteiger partial charge in [0.05, 0.1) is 23.1 Å². The van der Waals surface area contributed by atoms with E-state index in [9.17, 15) is 22.8 Å². The minimum atomic E-state index is -4.50. The number of hydrogen-bond donors (Lipinski definition) is 1. The van der Waals surface area contributed by atoms with Crippen molar-refractivity contribution in [3.8, 4) is 11.8 Å². The molecule has 1 fully saturated rings. The zero-order chi connectivity index (χ0) is 28.2. The van der Waals surface area contributed by atoms with Crippen molar-refractivity contribution in [1.29, 1.82) is 0 Å². The molecule has 2 amide bonds. The van der Waals surface area contributed by atoms with E-state index in [1.807, 2.05) is 14.0 Å². The summed E-state index contributed by atoms with van der Waals surface area (Å²) in [7, 11) is 3.83. The van der Waals surface area contributed by atoms with Crippen LogP contribution in [-0.4, -0.2) is 64.8 Å². The second-order valence-corrected chi connectivity index (χ2v) is 10.6. The van der Waals surface area contributed by atoms with Crippen LogP contribution >= 0.6 is 11.3 Å². The fourth-order valence-corrected chi connectivity index (χ4v) is 4.93. The zero-order valence-electron chi connectivity index (χ0n) is 21.8. The molecular weight excluding hydrogens is 527 g/mol. The molecule has 11 heteroatoms. The molecule has 0 saturated carbocycles. The number of urea groups is 1. The van der Waals surface area contributed by atoms with Crippen LogP contribution in [0.2, 0.25) is 0 Å². The number of aromatic nitrogens is 2. The lowest BCUT2D eigenvalue weighted by atomic mass is 10.00. The topological polar surface area (TPSA) is 78.4 Å². The molecule has 204 valence electrons. The number of thiazole rings is 1. The number of likely N-dealkylation sites (N-methyl/N-ethyl adjacent to an activating group) is 2. The highest BCUT2D eigenvalue weighted by molar-refractivity contribution is 7.16. The Morgan fingerprint density at radius 3 is 2.74 bits per heavy atom. The first-order valence-electron chi connectivity index (χ1n) is 12.4. The van der Waals surface area contributed by atoms with Gasteiger partial charge in [-0.05, 0) is 63.0 Å². The van der Waals surface area contributed by atoms with Crippen molar-refractivity contribution >= 4 is 28.3 Å². The SMILES string of the molecule is Cc1ccc(C(=O)Cc2cc(C(F)(F)F)ccn2)cc1C#Cc1cnc(NC(=O)N(C)C2CCCN(C)C2)s1. The van der Waals surface area contributed by atoms with Crippen molar-refractivity contribution in [3.05, 3.63) is 75.6 Å². The second kappa shape index (κ2) is 12.0. The van der Waals surface area contributed by atoms with Gasteiger partial charge < -0.3 is 9.80 Å². The smallest absolute Gasteiger partial charge is 0.323 e. The summed E-state index contributed by atoms with van der Waals surface area (Å²) >= 11 is 1.25. The van der Waals surface area contributed by atoms with Crippen LogP contribution in [0, 0.1) is 18.8 Å². The number of rotatable bonds is 5. The number of alkyl halides is 3. The Morgan fingerprint density at radius 2 is 2.00 bits per heavy atom. The Hall–Kier alpha value is -3.75. The number of anilines is 1. The van der Waals surface area contributed by atoms with Crippen LogP contribution in [0.4, 0.5) is 23.1 Å². The Labute approximate surface area is 229 Å². The number of nitrogens with one attached hydrogen (secondary N) is 1. The van der Waals surface area contributed by atoms with Crippen molar-refractivity contribution < 1.29 is 22.8 Å². The maximum absolute atomic E-state index is 13.0. The van der Waals surface area contributed by atoms with Crippen LogP contribution in [0.5, 0.6) is 0 Å². The molecule has 1 saturated heterocycles. The lowest BCUT2D eigenvalue weighted by molar-refractivity contribution is -0.137. The highest BCUT2D eigenvalue weighted by Gasteiger charge is 2.31. The van der Waals surface area contributed by atoms with Crippen molar-refractivity contribution in [1.82, 2.24) is 19.8 Å². The summed E-state index contributed by atoms with van der Waals surface area (Å²) in [5, 5.41) is 3.27. The molecule has 1 N–H and O–H groups in total. The number of halogens is 3. The molecule has 3 aromatic rings. The minimum absolute atomic E-state index is 0.0448. The van der Waals surface area contributed by atoms with E-state index in [-0.39, 0.29) is 30.0 Å². The minimum Gasteiger partial charge on any atom is -0.323 e. The number of aryl methyl sites for hydroxylation is 1. The number of carbonyl (C=O) groups is 2. The van der Waals surface area contributed by atoms with Crippen LogP contribution in [0.3, 0.4) is 0 Å².